The van der Waals surface area contributed by atoms with Gasteiger partial charge in [0.1, 0.15) is 11.6 Å². The van der Waals surface area contributed by atoms with E-state index in [-0.39, 0.29) is 18.4 Å². The van der Waals surface area contributed by atoms with Gasteiger partial charge in [-0.25, -0.2) is 9.89 Å². The van der Waals surface area contributed by atoms with Crippen LogP contribution >= 0.6 is 0 Å². The number of primary amides is 1. The van der Waals surface area contributed by atoms with Crippen LogP contribution in [0.2, 0.25) is 0 Å². The summed E-state index contributed by atoms with van der Waals surface area (Å²) in [5.74, 6) is -2.83. The molecule has 0 saturated carbocycles. The molecular formula is C12H16N4O5. The highest BCUT2D eigenvalue weighted by atomic mass is 16.4. The van der Waals surface area contributed by atoms with Crippen molar-refractivity contribution in [3.05, 3.63) is 27.2 Å². The Balaban J connectivity index is 2.98. The minimum absolute atomic E-state index is 0.155. The first kappa shape index (κ1) is 16.3. The summed E-state index contributed by atoms with van der Waals surface area (Å²) in [7, 11) is 0. The standard InChI is InChI=1S/C12H16N4O5/c1-5-6(2)15-16-11(19)9(5)10(18)14-7(12(20)21)3-4-8(13)17/h7H,3-4H2,1-2H3,(H2,13,17)(H,14,18)(H,16,19)(H,20,21). The Kier molecular flexibility index (Phi) is 5.17. The number of hydrogen-bond acceptors (Lipinski definition) is 5. The van der Waals surface area contributed by atoms with Crippen LogP contribution in [0.5, 0.6) is 0 Å². The number of rotatable bonds is 6. The van der Waals surface area contributed by atoms with Gasteiger partial charge in [-0.2, -0.15) is 5.10 Å². The predicted molar refractivity (Wildman–Crippen MR) is 71.7 cm³/mol. The number of nitrogens with two attached hydrogens (primary N) is 1. The van der Waals surface area contributed by atoms with E-state index >= 15 is 0 Å². The highest BCUT2D eigenvalue weighted by molar-refractivity contribution is 5.97. The van der Waals surface area contributed by atoms with E-state index in [1.54, 1.807) is 6.92 Å². The number of aryl methyl sites for hydroxylation is 1. The van der Waals surface area contributed by atoms with E-state index in [1.165, 1.54) is 6.92 Å². The van der Waals surface area contributed by atoms with Gasteiger partial charge in [0, 0.05) is 6.42 Å². The number of aliphatic carboxylic acids is 1. The molecule has 21 heavy (non-hydrogen) atoms. The maximum Gasteiger partial charge on any atom is 0.326 e. The number of carbonyl (C=O) groups excluding carboxylic acids is 2. The second kappa shape index (κ2) is 6.64. The van der Waals surface area contributed by atoms with Gasteiger partial charge in [-0.3, -0.25) is 14.4 Å². The number of aromatic amines is 1. The first-order valence-corrected chi connectivity index (χ1v) is 6.12. The SMILES string of the molecule is Cc1n[nH]c(=O)c(C(=O)NC(CCC(N)=O)C(=O)O)c1C. The lowest BCUT2D eigenvalue weighted by Crippen LogP contribution is -2.43. The molecule has 0 aliphatic rings. The molecule has 0 radical (unpaired) electrons. The number of nitrogens with one attached hydrogen (secondary N) is 2. The first-order chi connectivity index (χ1) is 9.73. The third-order valence-corrected chi connectivity index (χ3v) is 2.98. The van der Waals surface area contributed by atoms with Crippen molar-refractivity contribution in [2.75, 3.05) is 0 Å². The molecule has 1 heterocycles. The van der Waals surface area contributed by atoms with Crippen molar-refractivity contribution < 1.29 is 19.5 Å². The Labute approximate surface area is 119 Å². The highest BCUT2D eigenvalue weighted by Gasteiger charge is 2.24. The van der Waals surface area contributed by atoms with Crippen molar-refractivity contribution >= 4 is 17.8 Å². The lowest BCUT2D eigenvalue weighted by atomic mass is 10.1. The molecule has 0 bridgehead atoms. The van der Waals surface area contributed by atoms with Crippen LogP contribution in [-0.4, -0.2) is 39.1 Å². The molecule has 1 rings (SSSR count). The van der Waals surface area contributed by atoms with Gasteiger partial charge in [-0.15, -0.1) is 0 Å². The smallest absolute Gasteiger partial charge is 0.326 e. The zero-order valence-electron chi connectivity index (χ0n) is 11.6. The summed E-state index contributed by atoms with van der Waals surface area (Å²) in [6.07, 6.45) is -0.348. The van der Waals surface area contributed by atoms with Crippen molar-refractivity contribution in [2.45, 2.75) is 32.7 Å². The Morgan fingerprint density at radius 3 is 2.52 bits per heavy atom. The Hall–Kier alpha value is -2.71. The fourth-order valence-electron chi connectivity index (χ4n) is 1.67. The van der Waals surface area contributed by atoms with E-state index < -0.39 is 29.4 Å². The van der Waals surface area contributed by atoms with Crippen LogP contribution in [0.1, 0.15) is 34.5 Å². The number of amides is 2. The molecule has 114 valence electrons. The van der Waals surface area contributed by atoms with Gasteiger partial charge < -0.3 is 16.2 Å². The van der Waals surface area contributed by atoms with Gasteiger partial charge in [0.15, 0.2) is 0 Å². The van der Waals surface area contributed by atoms with E-state index in [4.69, 9.17) is 10.8 Å². The maximum absolute atomic E-state index is 12.1. The summed E-state index contributed by atoms with van der Waals surface area (Å²) in [5.41, 5.74) is 4.83. The molecule has 0 aliphatic carbocycles. The van der Waals surface area contributed by atoms with Crippen LogP contribution < -0.4 is 16.6 Å². The number of carboxylic acids is 1. The normalized spacial score (nSPS) is 11.7. The van der Waals surface area contributed by atoms with E-state index in [0.717, 1.165) is 0 Å². The molecule has 5 N–H and O–H groups in total. The lowest BCUT2D eigenvalue weighted by molar-refractivity contribution is -0.139. The van der Waals surface area contributed by atoms with Crippen molar-refractivity contribution in [2.24, 2.45) is 5.73 Å². The molecule has 9 nitrogen and oxygen atoms in total. The first-order valence-electron chi connectivity index (χ1n) is 6.12. The molecular weight excluding hydrogens is 280 g/mol. The summed E-state index contributed by atoms with van der Waals surface area (Å²) in [4.78, 5) is 45.4. The molecule has 1 aromatic heterocycles. The summed E-state index contributed by atoms with van der Waals surface area (Å²) in [5, 5.41) is 17.1. The van der Waals surface area contributed by atoms with Crippen LogP contribution in [0.25, 0.3) is 0 Å². The van der Waals surface area contributed by atoms with Crippen LogP contribution in [0.3, 0.4) is 0 Å². The predicted octanol–water partition coefficient (Wildman–Crippen LogP) is -1.16. The largest absolute Gasteiger partial charge is 0.480 e. The number of hydrogen-bond donors (Lipinski definition) is 4. The molecule has 1 atom stereocenters. The Morgan fingerprint density at radius 2 is 2.00 bits per heavy atom. The van der Waals surface area contributed by atoms with Crippen molar-refractivity contribution in [3.63, 3.8) is 0 Å². The van der Waals surface area contributed by atoms with Gasteiger partial charge in [0.05, 0.1) is 5.69 Å². The quantitative estimate of drug-likeness (QED) is 0.518. The van der Waals surface area contributed by atoms with Gasteiger partial charge in [0.25, 0.3) is 11.5 Å². The molecule has 1 unspecified atom stereocenters. The van der Waals surface area contributed by atoms with Crippen LogP contribution in [-0.2, 0) is 9.59 Å². The monoisotopic (exact) mass is 296 g/mol. The van der Waals surface area contributed by atoms with Gasteiger partial charge in [-0.05, 0) is 25.8 Å². The van der Waals surface area contributed by atoms with Crippen molar-refractivity contribution in [1.29, 1.82) is 0 Å². The minimum atomic E-state index is -1.32. The van der Waals surface area contributed by atoms with E-state index in [1.807, 2.05) is 0 Å². The molecule has 0 aliphatic heterocycles. The molecule has 0 saturated heterocycles. The van der Waals surface area contributed by atoms with Gasteiger partial charge in [0.2, 0.25) is 5.91 Å². The molecule has 0 spiro atoms. The zero-order chi connectivity index (χ0) is 16.2. The number of H-pyrrole nitrogens is 1. The average molecular weight is 296 g/mol. The summed E-state index contributed by atoms with van der Waals surface area (Å²) in [6, 6.07) is -1.31. The average Bonchev–Trinajstić information content (AvgIpc) is 2.38. The topological polar surface area (TPSA) is 155 Å². The fraction of sp³-hybridized carbons (Fsp3) is 0.417. The molecule has 1 aromatic rings. The highest BCUT2D eigenvalue weighted by Crippen LogP contribution is 2.06. The number of carbonyl (C=O) groups is 3. The molecule has 0 fully saturated rings. The third-order valence-electron chi connectivity index (χ3n) is 2.98. The second-order valence-corrected chi connectivity index (χ2v) is 4.51. The second-order valence-electron chi connectivity index (χ2n) is 4.51. The third kappa shape index (κ3) is 4.13. The van der Waals surface area contributed by atoms with Gasteiger partial charge in [-0.1, -0.05) is 0 Å². The molecule has 0 aromatic carbocycles. The lowest BCUT2D eigenvalue weighted by Gasteiger charge is -2.14. The van der Waals surface area contributed by atoms with Crippen molar-refractivity contribution in [3.8, 4) is 0 Å². The van der Waals surface area contributed by atoms with Crippen molar-refractivity contribution in [1.82, 2.24) is 15.5 Å². The van der Waals surface area contributed by atoms with Crippen LogP contribution in [0.15, 0.2) is 4.79 Å². The fourth-order valence-corrected chi connectivity index (χ4v) is 1.67. The summed E-state index contributed by atoms with van der Waals surface area (Å²) < 4.78 is 0. The van der Waals surface area contributed by atoms with Crippen LogP contribution in [0, 0.1) is 13.8 Å². The van der Waals surface area contributed by atoms with Crippen LogP contribution in [0.4, 0.5) is 0 Å². The molecule has 9 heteroatoms. The Morgan fingerprint density at radius 1 is 1.38 bits per heavy atom. The summed E-state index contributed by atoms with van der Waals surface area (Å²) >= 11 is 0. The number of aromatic nitrogens is 2. The summed E-state index contributed by atoms with van der Waals surface area (Å²) in [6.45, 7) is 3.13. The number of carboxylic acid groups (broad SMARTS) is 1. The van der Waals surface area contributed by atoms with Gasteiger partial charge >= 0.3 is 5.97 Å². The van der Waals surface area contributed by atoms with E-state index in [9.17, 15) is 19.2 Å². The molecule has 2 amide bonds. The maximum atomic E-state index is 12.1. The Bertz CT molecular complexity index is 637. The van der Waals surface area contributed by atoms with E-state index in [0.29, 0.717) is 11.3 Å². The minimum Gasteiger partial charge on any atom is -0.480 e. The zero-order valence-corrected chi connectivity index (χ0v) is 11.6. The van der Waals surface area contributed by atoms with E-state index in [2.05, 4.69) is 15.5 Å². The number of nitrogens with zero attached hydrogens (tertiary/aromatic N) is 1.